The van der Waals surface area contributed by atoms with Crippen molar-refractivity contribution in [1.29, 1.82) is 0 Å². The van der Waals surface area contributed by atoms with Crippen LogP contribution in [0.4, 0.5) is 0 Å². The summed E-state index contributed by atoms with van der Waals surface area (Å²) in [6.45, 7) is 5.29. The van der Waals surface area contributed by atoms with E-state index in [9.17, 15) is 9.59 Å². The maximum atomic E-state index is 12.7. The topological polar surface area (TPSA) is 61.4 Å². The molecule has 0 aromatic heterocycles. The Balaban J connectivity index is 1.31. The van der Waals surface area contributed by atoms with Crippen molar-refractivity contribution in [2.75, 3.05) is 6.54 Å². The van der Waals surface area contributed by atoms with Gasteiger partial charge in [0.2, 0.25) is 5.91 Å². The molecular weight excluding hydrogens is 386 g/mol. The first kappa shape index (κ1) is 21.6. The SMILES string of the molecule is CCc1ccc(C(C)NC(=O)CN(Cc2ccc(C(=O)NC3CC3)cc2)C2CC2)cc1. The van der Waals surface area contributed by atoms with E-state index >= 15 is 0 Å². The summed E-state index contributed by atoms with van der Waals surface area (Å²) in [5, 5.41) is 6.17. The van der Waals surface area contributed by atoms with E-state index < -0.39 is 0 Å². The van der Waals surface area contributed by atoms with Crippen LogP contribution in [0.1, 0.15) is 72.6 Å². The lowest BCUT2D eigenvalue weighted by atomic mass is 10.0. The van der Waals surface area contributed by atoms with Gasteiger partial charge in [-0.1, -0.05) is 43.3 Å². The summed E-state index contributed by atoms with van der Waals surface area (Å²) >= 11 is 0. The van der Waals surface area contributed by atoms with Crippen LogP contribution in [-0.4, -0.2) is 35.3 Å². The Labute approximate surface area is 185 Å². The molecule has 2 amide bonds. The molecule has 31 heavy (non-hydrogen) atoms. The van der Waals surface area contributed by atoms with Crippen LogP contribution < -0.4 is 10.6 Å². The second kappa shape index (κ2) is 9.65. The lowest BCUT2D eigenvalue weighted by Gasteiger charge is -2.23. The van der Waals surface area contributed by atoms with Crippen molar-refractivity contribution in [3.8, 4) is 0 Å². The Bertz CT molecular complexity index is 899. The van der Waals surface area contributed by atoms with E-state index in [4.69, 9.17) is 0 Å². The highest BCUT2D eigenvalue weighted by Crippen LogP contribution is 2.28. The molecule has 2 saturated carbocycles. The Morgan fingerprint density at radius 3 is 2.19 bits per heavy atom. The molecule has 2 N–H and O–H groups in total. The van der Waals surface area contributed by atoms with Gasteiger partial charge < -0.3 is 10.6 Å². The van der Waals surface area contributed by atoms with E-state index in [2.05, 4.69) is 46.7 Å². The largest absolute Gasteiger partial charge is 0.349 e. The highest BCUT2D eigenvalue weighted by atomic mass is 16.2. The molecule has 4 rings (SSSR count). The fraction of sp³-hybridized carbons (Fsp3) is 0.462. The number of hydrogen-bond donors (Lipinski definition) is 2. The van der Waals surface area contributed by atoms with Gasteiger partial charge in [-0.15, -0.1) is 0 Å². The molecule has 2 aliphatic carbocycles. The van der Waals surface area contributed by atoms with Crippen LogP contribution in [0, 0.1) is 0 Å². The lowest BCUT2D eigenvalue weighted by molar-refractivity contribution is -0.123. The first-order chi connectivity index (χ1) is 15.0. The smallest absolute Gasteiger partial charge is 0.251 e. The molecule has 0 saturated heterocycles. The molecule has 1 atom stereocenters. The highest BCUT2D eigenvalue weighted by Gasteiger charge is 2.30. The highest BCUT2D eigenvalue weighted by molar-refractivity contribution is 5.94. The first-order valence-corrected chi connectivity index (χ1v) is 11.5. The van der Waals surface area contributed by atoms with Gasteiger partial charge in [0.15, 0.2) is 0 Å². The number of hydrogen-bond acceptors (Lipinski definition) is 3. The molecule has 0 radical (unpaired) electrons. The van der Waals surface area contributed by atoms with E-state index in [1.807, 2.05) is 31.2 Å². The quantitative estimate of drug-likeness (QED) is 0.612. The molecule has 2 aromatic rings. The number of carbonyl (C=O) groups excluding carboxylic acids is 2. The van der Waals surface area contributed by atoms with Gasteiger partial charge in [0.25, 0.3) is 5.91 Å². The summed E-state index contributed by atoms with van der Waals surface area (Å²) in [5.41, 5.74) is 4.27. The van der Waals surface area contributed by atoms with E-state index in [0.717, 1.165) is 49.8 Å². The number of rotatable bonds is 10. The Hall–Kier alpha value is -2.66. The van der Waals surface area contributed by atoms with Crippen molar-refractivity contribution in [2.45, 2.75) is 70.6 Å². The molecule has 0 heterocycles. The van der Waals surface area contributed by atoms with Gasteiger partial charge >= 0.3 is 0 Å². The monoisotopic (exact) mass is 419 g/mol. The van der Waals surface area contributed by atoms with Crippen molar-refractivity contribution < 1.29 is 9.59 Å². The zero-order valence-electron chi connectivity index (χ0n) is 18.6. The van der Waals surface area contributed by atoms with Gasteiger partial charge in [0.05, 0.1) is 12.6 Å². The minimum atomic E-state index is -0.0104. The van der Waals surface area contributed by atoms with Crippen LogP contribution in [0.3, 0.4) is 0 Å². The third-order valence-corrected chi connectivity index (χ3v) is 6.19. The number of amides is 2. The second-order valence-corrected chi connectivity index (χ2v) is 8.97. The van der Waals surface area contributed by atoms with E-state index in [0.29, 0.717) is 24.2 Å². The lowest BCUT2D eigenvalue weighted by Crippen LogP contribution is -2.39. The van der Waals surface area contributed by atoms with Crippen LogP contribution in [0.5, 0.6) is 0 Å². The Morgan fingerprint density at radius 1 is 0.968 bits per heavy atom. The molecule has 2 aliphatic rings. The molecule has 5 heteroatoms. The molecule has 2 aromatic carbocycles. The number of nitrogens with one attached hydrogen (secondary N) is 2. The van der Waals surface area contributed by atoms with Gasteiger partial charge in [-0.3, -0.25) is 14.5 Å². The molecule has 2 fully saturated rings. The van der Waals surface area contributed by atoms with Crippen molar-refractivity contribution >= 4 is 11.8 Å². The van der Waals surface area contributed by atoms with E-state index in [1.165, 1.54) is 5.56 Å². The molecule has 0 spiro atoms. The van der Waals surface area contributed by atoms with Gasteiger partial charge in [0, 0.05) is 24.2 Å². The van der Waals surface area contributed by atoms with Crippen LogP contribution in [0.25, 0.3) is 0 Å². The zero-order chi connectivity index (χ0) is 21.8. The van der Waals surface area contributed by atoms with Crippen LogP contribution in [-0.2, 0) is 17.8 Å². The minimum absolute atomic E-state index is 0.00781. The maximum Gasteiger partial charge on any atom is 0.251 e. The third kappa shape index (κ3) is 6.17. The third-order valence-electron chi connectivity index (χ3n) is 6.19. The number of nitrogens with zero attached hydrogens (tertiary/aromatic N) is 1. The summed E-state index contributed by atoms with van der Waals surface area (Å²) in [5.74, 6) is 0.0628. The van der Waals surface area contributed by atoms with E-state index in [-0.39, 0.29) is 17.9 Å². The average Bonchev–Trinajstić information content (AvgIpc) is 3.68. The summed E-state index contributed by atoms with van der Waals surface area (Å²) < 4.78 is 0. The standard InChI is InChI=1S/C26H33N3O2/c1-3-19-4-8-21(9-5-19)18(2)27-25(30)17-29(24-14-15-24)16-20-6-10-22(11-7-20)26(31)28-23-12-13-23/h4-11,18,23-24H,3,12-17H2,1-2H3,(H,27,30)(H,28,31). The minimum Gasteiger partial charge on any atom is -0.349 e. The normalized spacial score (nSPS) is 16.7. The molecule has 5 nitrogen and oxygen atoms in total. The van der Waals surface area contributed by atoms with Crippen molar-refractivity contribution in [3.05, 3.63) is 70.8 Å². The van der Waals surface area contributed by atoms with Crippen molar-refractivity contribution in [2.24, 2.45) is 0 Å². The summed E-state index contributed by atoms with van der Waals surface area (Å²) in [6.07, 6.45) is 5.48. The van der Waals surface area contributed by atoms with Gasteiger partial charge in [-0.25, -0.2) is 0 Å². The van der Waals surface area contributed by atoms with Crippen molar-refractivity contribution in [1.82, 2.24) is 15.5 Å². The van der Waals surface area contributed by atoms with Gasteiger partial charge in [-0.2, -0.15) is 0 Å². The Morgan fingerprint density at radius 2 is 1.61 bits per heavy atom. The second-order valence-electron chi connectivity index (χ2n) is 8.97. The fourth-order valence-electron chi connectivity index (χ4n) is 3.84. The van der Waals surface area contributed by atoms with Gasteiger partial charge in [-0.05, 0) is 67.9 Å². The predicted octanol–water partition coefficient (Wildman–Crippen LogP) is 3.98. The van der Waals surface area contributed by atoms with Crippen LogP contribution in [0.2, 0.25) is 0 Å². The summed E-state index contributed by atoms with van der Waals surface area (Å²) in [6, 6.07) is 17.1. The summed E-state index contributed by atoms with van der Waals surface area (Å²) in [7, 11) is 0. The number of aryl methyl sites for hydroxylation is 1. The number of carbonyl (C=O) groups is 2. The van der Waals surface area contributed by atoms with E-state index in [1.54, 1.807) is 0 Å². The molecule has 1 unspecified atom stereocenters. The maximum absolute atomic E-state index is 12.7. The average molecular weight is 420 g/mol. The molecule has 164 valence electrons. The molecular formula is C26H33N3O2. The first-order valence-electron chi connectivity index (χ1n) is 11.5. The fourth-order valence-corrected chi connectivity index (χ4v) is 3.84. The summed E-state index contributed by atoms with van der Waals surface area (Å²) in [4.78, 5) is 27.2. The molecule has 0 bridgehead atoms. The number of benzene rings is 2. The Kier molecular flexibility index (Phi) is 6.71. The van der Waals surface area contributed by atoms with Crippen LogP contribution in [0.15, 0.2) is 48.5 Å². The zero-order valence-corrected chi connectivity index (χ0v) is 18.6. The van der Waals surface area contributed by atoms with Crippen molar-refractivity contribution in [3.63, 3.8) is 0 Å². The van der Waals surface area contributed by atoms with Crippen LogP contribution >= 0.6 is 0 Å². The predicted molar refractivity (Wildman–Crippen MR) is 123 cm³/mol. The molecule has 0 aliphatic heterocycles. The van der Waals surface area contributed by atoms with Gasteiger partial charge in [0.1, 0.15) is 0 Å².